The highest BCUT2D eigenvalue weighted by molar-refractivity contribution is 5.86. The third-order valence-electron chi connectivity index (χ3n) is 8.66. The van der Waals surface area contributed by atoms with Crippen molar-refractivity contribution in [2.45, 2.75) is 102 Å². The Kier molecular flexibility index (Phi) is 11.6. The van der Waals surface area contributed by atoms with Crippen molar-refractivity contribution in [3.63, 3.8) is 0 Å². The quantitative estimate of drug-likeness (QED) is 0.189. The minimum absolute atomic E-state index is 0.671. The van der Waals surface area contributed by atoms with Gasteiger partial charge in [-0.15, -0.1) is 0 Å². The van der Waals surface area contributed by atoms with E-state index in [-0.39, 0.29) is 0 Å². The molecule has 2 aromatic carbocycles. The molecule has 0 spiro atoms. The van der Waals surface area contributed by atoms with Gasteiger partial charge in [-0.25, -0.2) is 9.59 Å². The number of rotatable bonds is 13. The van der Waals surface area contributed by atoms with Crippen molar-refractivity contribution in [2.24, 2.45) is 11.8 Å². The van der Waals surface area contributed by atoms with Gasteiger partial charge in [0.2, 0.25) is 0 Å². The van der Waals surface area contributed by atoms with Crippen LogP contribution in [-0.2, 0) is 35.0 Å². The summed E-state index contributed by atoms with van der Waals surface area (Å²) in [6, 6.07) is 16.6. The number of carbonyl (C=O) groups is 2. The van der Waals surface area contributed by atoms with Crippen LogP contribution in [0.1, 0.15) is 95.0 Å². The molecule has 1 heterocycles. The zero-order valence-electron chi connectivity index (χ0n) is 24.4. The molecule has 1 saturated carbocycles. The highest BCUT2D eigenvalue weighted by Gasteiger charge is 2.47. The highest BCUT2D eigenvalue weighted by atomic mass is 16.8. The fraction of sp³-hybridized carbons (Fsp3) is 0.588. The van der Waals surface area contributed by atoms with Gasteiger partial charge in [0.15, 0.2) is 18.5 Å². The van der Waals surface area contributed by atoms with Gasteiger partial charge >= 0.3 is 11.9 Å². The molecule has 218 valence electrons. The fourth-order valence-corrected chi connectivity index (χ4v) is 6.14. The van der Waals surface area contributed by atoms with Crippen LogP contribution in [0.2, 0.25) is 0 Å². The van der Waals surface area contributed by atoms with Crippen molar-refractivity contribution in [3.05, 3.63) is 59.7 Å². The summed E-state index contributed by atoms with van der Waals surface area (Å²) in [6.07, 6.45) is 13.3. The Morgan fingerprint density at radius 1 is 0.700 bits per heavy atom. The molecule has 6 heteroatoms. The lowest BCUT2D eigenvalue weighted by Crippen LogP contribution is -2.38. The predicted octanol–water partition coefficient (Wildman–Crippen LogP) is 7.58. The summed E-state index contributed by atoms with van der Waals surface area (Å²) in [6.45, 7) is 2.29. The summed E-state index contributed by atoms with van der Waals surface area (Å²) in [5.41, 5.74) is 4.31. The lowest BCUT2D eigenvalue weighted by molar-refractivity contribution is -0.160. The number of hydrogen-bond donors (Lipinski definition) is 0. The SMILES string of the molecule is CCCCC[C@H]1CC[C@H](CCCCc2ccc(-c3ccc(C4O[C@@H](C(=O)OC)[C@H](C(=O)OC)O4)cc3)cc2)CC1. The second-order valence-corrected chi connectivity index (χ2v) is 11.4. The van der Waals surface area contributed by atoms with Gasteiger partial charge in [-0.1, -0.05) is 120 Å². The summed E-state index contributed by atoms with van der Waals surface area (Å²) in [7, 11) is 2.49. The van der Waals surface area contributed by atoms with Crippen LogP contribution in [0, 0.1) is 11.8 Å². The molecule has 1 aliphatic heterocycles. The molecule has 2 atom stereocenters. The molecule has 1 saturated heterocycles. The van der Waals surface area contributed by atoms with E-state index in [1.165, 1.54) is 90.4 Å². The van der Waals surface area contributed by atoms with E-state index in [4.69, 9.17) is 18.9 Å². The van der Waals surface area contributed by atoms with E-state index >= 15 is 0 Å². The lowest BCUT2D eigenvalue weighted by atomic mass is 9.78. The van der Waals surface area contributed by atoms with Gasteiger partial charge < -0.3 is 18.9 Å². The van der Waals surface area contributed by atoms with E-state index in [1.807, 2.05) is 24.3 Å². The molecule has 0 amide bonds. The normalized spacial score (nSPS) is 23.2. The molecule has 1 aliphatic carbocycles. The van der Waals surface area contributed by atoms with E-state index < -0.39 is 30.4 Å². The van der Waals surface area contributed by atoms with Crippen molar-refractivity contribution in [1.82, 2.24) is 0 Å². The van der Waals surface area contributed by atoms with Gasteiger partial charge in [-0.2, -0.15) is 0 Å². The van der Waals surface area contributed by atoms with Crippen LogP contribution < -0.4 is 0 Å². The van der Waals surface area contributed by atoms with Gasteiger partial charge in [0.25, 0.3) is 0 Å². The van der Waals surface area contributed by atoms with Gasteiger partial charge in [0, 0.05) is 5.56 Å². The number of hydrogen-bond acceptors (Lipinski definition) is 6. The average molecular weight is 551 g/mol. The molecule has 40 heavy (non-hydrogen) atoms. The average Bonchev–Trinajstić information content (AvgIpc) is 3.45. The predicted molar refractivity (Wildman–Crippen MR) is 156 cm³/mol. The summed E-state index contributed by atoms with van der Waals surface area (Å²) in [5.74, 6) is 0.607. The molecule has 2 aromatic rings. The first kappa shape index (κ1) is 30.3. The van der Waals surface area contributed by atoms with E-state index in [0.29, 0.717) is 5.56 Å². The molecule has 6 nitrogen and oxygen atoms in total. The van der Waals surface area contributed by atoms with E-state index in [2.05, 4.69) is 31.2 Å². The molecule has 0 N–H and O–H groups in total. The van der Waals surface area contributed by atoms with E-state index in [9.17, 15) is 9.59 Å². The molecule has 2 aliphatic rings. The molecular formula is C34H46O6. The van der Waals surface area contributed by atoms with Crippen LogP contribution in [0.3, 0.4) is 0 Å². The van der Waals surface area contributed by atoms with E-state index in [0.717, 1.165) is 29.4 Å². The van der Waals surface area contributed by atoms with Crippen molar-refractivity contribution < 1.29 is 28.5 Å². The summed E-state index contributed by atoms with van der Waals surface area (Å²) >= 11 is 0. The number of aryl methyl sites for hydroxylation is 1. The van der Waals surface area contributed by atoms with Crippen LogP contribution in [0.4, 0.5) is 0 Å². The number of carbonyl (C=O) groups excluding carboxylic acids is 2. The fourth-order valence-electron chi connectivity index (χ4n) is 6.14. The third-order valence-corrected chi connectivity index (χ3v) is 8.66. The smallest absolute Gasteiger partial charge is 0.338 e. The van der Waals surface area contributed by atoms with Gasteiger partial charge in [-0.05, 0) is 41.4 Å². The molecular weight excluding hydrogens is 504 g/mol. The molecule has 2 fully saturated rings. The first-order chi connectivity index (χ1) is 19.5. The maximum Gasteiger partial charge on any atom is 0.338 e. The standard InChI is InChI=1S/C34H46O6/c1-4-5-6-9-24-12-14-25(15-13-24)10-7-8-11-26-16-18-27(19-17-26)28-20-22-29(23-21-28)34-39-30(32(35)37-2)31(40-34)33(36)38-3/h16-25,30-31,34H,4-15H2,1-3H3/t24-,25-,30-,31-/m1/s1. The van der Waals surface area contributed by atoms with Crippen molar-refractivity contribution in [1.29, 1.82) is 0 Å². The first-order valence-electron chi connectivity index (χ1n) is 15.2. The Hall–Kier alpha value is -2.70. The zero-order chi connectivity index (χ0) is 28.3. The lowest BCUT2D eigenvalue weighted by Gasteiger charge is -2.28. The number of benzene rings is 2. The summed E-state index contributed by atoms with van der Waals surface area (Å²) in [4.78, 5) is 24.1. The molecule has 0 bridgehead atoms. The number of ether oxygens (including phenoxy) is 4. The first-order valence-corrected chi connectivity index (χ1v) is 15.2. The van der Waals surface area contributed by atoms with Crippen LogP contribution in [0.15, 0.2) is 48.5 Å². The van der Waals surface area contributed by atoms with Crippen LogP contribution >= 0.6 is 0 Å². The van der Waals surface area contributed by atoms with E-state index in [1.54, 1.807) is 0 Å². The number of methoxy groups -OCH3 is 2. The maximum absolute atomic E-state index is 12.1. The van der Waals surface area contributed by atoms with Crippen LogP contribution in [0.5, 0.6) is 0 Å². The minimum Gasteiger partial charge on any atom is -0.467 e. The summed E-state index contributed by atoms with van der Waals surface area (Å²) in [5, 5.41) is 0. The van der Waals surface area contributed by atoms with Crippen LogP contribution in [0.25, 0.3) is 11.1 Å². The molecule has 4 rings (SSSR count). The maximum atomic E-state index is 12.1. The number of esters is 2. The second-order valence-electron chi connectivity index (χ2n) is 11.4. The van der Waals surface area contributed by atoms with Gasteiger partial charge in [0.05, 0.1) is 14.2 Å². The topological polar surface area (TPSA) is 71.1 Å². The minimum atomic E-state index is -1.16. The molecule has 0 aromatic heterocycles. The Bertz CT molecular complexity index is 1030. The van der Waals surface area contributed by atoms with Crippen molar-refractivity contribution >= 4 is 11.9 Å². The van der Waals surface area contributed by atoms with Crippen molar-refractivity contribution in [3.8, 4) is 11.1 Å². The summed E-state index contributed by atoms with van der Waals surface area (Å²) < 4.78 is 20.9. The molecule has 0 radical (unpaired) electrons. The number of unbranched alkanes of at least 4 members (excludes halogenated alkanes) is 3. The second kappa shape index (κ2) is 15.3. The monoisotopic (exact) mass is 550 g/mol. The third kappa shape index (κ3) is 8.17. The highest BCUT2D eigenvalue weighted by Crippen LogP contribution is 2.35. The van der Waals surface area contributed by atoms with Crippen LogP contribution in [-0.4, -0.2) is 38.4 Å². The largest absolute Gasteiger partial charge is 0.467 e. The Labute approximate surface area is 239 Å². The zero-order valence-corrected chi connectivity index (χ0v) is 24.4. The van der Waals surface area contributed by atoms with Crippen molar-refractivity contribution in [2.75, 3.05) is 14.2 Å². The Morgan fingerprint density at radius 3 is 1.65 bits per heavy atom. The Balaban J connectivity index is 1.21. The molecule has 0 unspecified atom stereocenters. The Morgan fingerprint density at radius 2 is 1.18 bits per heavy atom. The van der Waals surface area contributed by atoms with Gasteiger partial charge in [-0.3, -0.25) is 0 Å². The van der Waals surface area contributed by atoms with Gasteiger partial charge in [0.1, 0.15) is 0 Å².